The molecule has 1 aliphatic heterocycles. The summed E-state index contributed by atoms with van der Waals surface area (Å²) in [6.07, 6.45) is 2.69. The Bertz CT molecular complexity index is 536. The smallest absolute Gasteiger partial charge is 0.410 e. The van der Waals surface area contributed by atoms with E-state index in [1.165, 1.54) is 5.56 Å². The summed E-state index contributed by atoms with van der Waals surface area (Å²) in [7, 11) is 0. The molecule has 0 saturated carbocycles. The molecule has 4 heteroatoms. The number of rotatable bonds is 3. The van der Waals surface area contributed by atoms with Gasteiger partial charge in [0.25, 0.3) is 0 Å². The van der Waals surface area contributed by atoms with Crippen LogP contribution in [0.4, 0.5) is 4.79 Å². The summed E-state index contributed by atoms with van der Waals surface area (Å²) < 4.78 is 5.57. The third-order valence-electron chi connectivity index (χ3n) is 4.31. The lowest BCUT2D eigenvalue weighted by Crippen LogP contribution is -2.49. The monoisotopic (exact) mass is 319 g/mol. The summed E-state index contributed by atoms with van der Waals surface area (Å²) >= 11 is 0. The first-order chi connectivity index (χ1) is 10.8. The van der Waals surface area contributed by atoms with Crippen molar-refractivity contribution in [1.82, 2.24) is 4.90 Å². The fourth-order valence-electron chi connectivity index (χ4n) is 3.27. The van der Waals surface area contributed by atoms with Crippen LogP contribution in [0, 0.1) is 6.92 Å². The second kappa shape index (κ2) is 7.35. The van der Waals surface area contributed by atoms with Crippen molar-refractivity contribution in [2.24, 2.45) is 0 Å². The van der Waals surface area contributed by atoms with Crippen LogP contribution in [0.1, 0.15) is 57.1 Å². The molecule has 128 valence electrons. The largest absolute Gasteiger partial charge is 0.444 e. The highest BCUT2D eigenvalue weighted by atomic mass is 16.6. The average molecular weight is 319 g/mol. The minimum atomic E-state index is -0.503. The van der Waals surface area contributed by atoms with Crippen LogP contribution in [-0.2, 0) is 4.74 Å². The van der Waals surface area contributed by atoms with E-state index in [-0.39, 0.29) is 24.7 Å². The van der Waals surface area contributed by atoms with Gasteiger partial charge in [0, 0.05) is 18.5 Å². The van der Waals surface area contributed by atoms with Crippen molar-refractivity contribution in [2.45, 2.75) is 64.5 Å². The quantitative estimate of drug-likeness (QED) is 0.920. The number of aliphatic hydroxyl groups excluding tert-OH is 1. The number of aryl methyl sites for hydroxylation is 1. The number of piperidine rings is 1. The van der Waals surface area contributed by atoms with E-state index < -0.39 is 5.60 Å². The molecule has 1 heterocycles. The zero-order valence-corrected chi connectivity index (χ0v) is 14.7. The van der Waals surface area contributed by atoms with Gasteiger partial charge < -0.3 is 14.7 Å². The Balaban J connectivity index is 2.23. The van der Waals surface area contributed by atoms with E-state index in [4.69, 9.17) is 4.74 Å². The number of hydrogen-bond acceptors (Lipinski definition) is 3. The summed E-state index contributed by atoms with van der Waals surface area (Å²) in [5.74, 6) is -0.0669. The Morgan fingerprint density at radius 2 is 2.13 bits per heavy atom. The van der Waals surface area contributed by atoms with Crippen molar-refractivity contribution in [2.75, 3.05) is 13.2 Å². The molecule has 1 N–H and O–H groups in total. The molecule has 1 fully saturated rings. The summed E-state index contributed by atoms with van der Waals surface area (Å²) in [6.45, 7) is 8.43. The van der Waals surface area contributed by atoms with Gasteiger partial charge in [-0.25, -0.2) is 4.79 Å². The zero-order chi connectivity index (χ0) is 17.0. The van der Waals surface area contributed by atoms with Crippen molar-refractivity contribution >= 4 is 6.09 Å². The van der Waals surface area contributed by atoms with Gasteiger partial charge in [0.2, 0.25) is 0 Å². The van der Waals surface area contributed by atoms with Crippen molar-refractivity contribution < 1.29 is 14.6 Å². The summed E-state index contributed by atoms with van der Waals surface area (Å²) in [6, 6.07) is 8.18. The zero-order valence-electron chi connectivity index (χ0n) is 14.7. The predicted molar refractivity (Wildman–Crippen MR) is 91.6 cm³/mol. The van der Waals surface area contributed by atoms with E-state index in [1.54, 1.807) is 0 Å². The minimum absolute atomic E-state index is 0.00889. The molecule has 1 unspecified atom stereocenters. The highest BCUT2D eigenvalue weighted by Gasteiger charge is 2.35. The van der Waals surface area contributed by atoms with E-state index in [1.807, 2.05) is 50.8 Å². The lowest BCUT2D eigenvalue weighted by atomic mass is 9.85. The van der Waals surface area contributed by atoms with Crippen LogP contribution in [0.5, 0.6) is 0 Å². The molecule has 2 atom stereocenters. The standard InChI is InChI=1S/C19H29NO3/c1-14-8-7-9-15(12-14)16(13-21)17-10-5-6-11-20(17)18(22)23-19(2,3)4/h7-9,12,16-17,21H,5-6,10-11,13H2,1-4H3/t16-,17?/m0/s1. The molecule has 1 amide bonds. The summed E-state index contributed by atoms with van der Waals surface area (Å²) in [5, 5.41) is 9.98. The van der Waals surface area contributed by atoms with E-state index in [0.29, 0.717) is 6.54 Å². The molecule has 23 heavy (non-hydrogen) atoms. The first-order valence-electron chi connectivity index (χ1n) is 8.49. The second-order valence-electron chi connectivity index (χ2n) is 7.44. The van der Waals surface area contributed by atoms with Gasteiger partial charge in [-0.1, -0.05) is 29.8 Å². The van der Waals surface area contributed by atoms with Crippen LogP contribution >= 0.6 is 0 Å². The van der Waals surface area contributed by atoms with E-state index in [0.717, 1.165) is 24.8 Å². The fraction of sp³-hybridized carbons (Fsp3) is 0.632. The third kappa shape index (κ3) is 4.71. The van der Waals surface area contributed by atoms with Gasteiger partial charge in [0.15, 0.2) is 0 Å². The summed E-state index contributed by atoms with van der Waals surface area (Å²) in [4.78, 5) is 14.4. The molecule has 0 aromatic heterocycles. The van der Waals surface area contributed by atoms with Crippen LogP contribution in [0.25, 0.3) is 0 Å². The molecule has 1 aromatic carbocycles. The molecule has 0 radical (unpaired) electrons. The molecule has 1 aromatic rings. The summed E-state index contributed by atoms with van der Waals surface area (Å²) in [5.41, 5.74) is 1.76. The van der Waals surface area contributed by atoms with Crippen LogP contribution in [0.15, 0.2) is 24.3 Å². The first-order valence-corrected chi connectivity index (χ1v) is 8.49. The maximum absolute atomic E-state index is 12.6. The predicted octanol–water partition coefficient (Wildman–Crippen LogP) is 3.86. The first kappa shape index (κ1) is 17.8. The van der Waals surface area contributed by atoms with Crippen LogP contribution < -0.4 is 0 Å². The fourth-order valence-corrected chi connectivity index (χ4v) is 3.27. The number of carbonyl (C=O) groups is 1. The van der Waals surface area contributed by atoms with Gasteiger partial charge in [0.05, 0.1) is 6.61 Å². The van der Waals surface area contributed by atoms with Gasteiger partial charge in [0.1, 0.15) is 5.60 Å². The normalized spacial score (nSPS) is 20.2. The van der Waals surface area contributed by atoms with Crippen molar-refractivity contribution in [3.63, 3.8) is 0 Å². The Labute approximate surface area is 139 Å². The molecule has 0 spiro atoms. The number of carbonyl (C=O) groups excluding carboxylic acids is 1. The minimum Gasteiger partial charge on any atom is -0.444 e. The Morgan fingerprint density at radius 1 is 1.39 bits per heavy atom. The van der Waals surface area contributed by atoms with Crippen molar-refractivity contribution in [3.8, 4) is 0 Å². The van der Waals surface area contributed by atoms with Gasteiger partial charge >= 0.3 is 6.09 Å². The number of ether oxygens (including phenoxy) is 1. The highest BCUT2D eigenvalue weighted by Crippen LogP contribution is 2.31. The maximum Gasteiger partial charge on any atom is 0.410 e. The van der Waals surface area contributed by atoms with Gasteiger partial charge in [-0.2, -0.15) is 0 Å². The topological polar surface area (TPSA) is 49.8 Å². The van der Waals surface area contributed by atoms with Crippen LogP contribution in [-0.4, -0.2) is 40.9 Å². The highest BCUT2D eigenvalue weighted by molar-refractivity contribution is 5.69. The van der Waals surface area contributed by atoms with Gasteiger partial charge in [-0.05, 0) is 52.5 Å². The average Bonchev–Trinajstić information content (AvgIpc) is 2.47. The number of benzene rings is 1. The van der Waals surface area contributed by atoms with Crippen LogP contribution in [0.3, 0.4) is 0 Å². The molecule has 0 bridgehead atoms. The Hall–Kier alpha value is -1.55. The molecular formula is C19H29NO3. The molecule has 1 aliphatic rings. The SMILES string of the molecule is Cc1cccc([C@H](CO)C2CCCCN2C(=O)OC(C)(C)C)c1. The lowest BCUT2D eigenvalue weighted by Gasteiger charge is -2.40. The van der Waals surface area contributed by atoms with E-state index >= 15 is 0 Å². The number of hydrogen-bond donors (Lipinski definition) is 1. The van der Waals surface area contributed by atoms with Crippen molar-refractivity contribution in [3.05, 3.63) is 35.4 Å². The maximum atomic E-state index is 12.6. The lowest BCUT2D eigenvalue weighted by molar-refractivity contribution is 0.00347. The number of nitrogens with zero attached hydrogens (tertiary/aromatic N) is 1. The molecule has 4 nitrogen and oxygen atoms in total. The van der Waals surface area contributed by atoms with Crippen LogP contribution in [0.2, 0.25) is 0 Å². The second-order valence-corrected chi connectivity index (χ2v) is 7.44. The molecular weight excluding hydrogens is 290 g/mol. The van der Waals surface area contributed by atoms with Crippen molar-refractivity contribution in [1.29, 1.82) is 0 Å². The van der Waals surface area contributed by atoms with Gasteiger partial charge in [-0.3, -0.25) is 0 Å². The number of amides is 1. The number of likely N-dealkylation sites (tertiary alicyclic amines) is 1. The molecule has 2 rings (SSSR count). The van der Waals surface area contributed by atoms with Gasteiger partial charge in [-0.15, -0.1) is 0 Å². The Kier molecular flexibility index (Phi) is 5.69. The number of aliphatic hydroxyl groups is 1. The molecule has 1 saturated heterocycles. The third-order valence-corrected chi connectivity index (χ3v) is 4.31. The van der Waals surface area contributed by atoms with E-state index in [9.17, 15) is 9.90 Å². The Morgan fingerprint density at radius 3 is 2.74 bits per heavy atom. The van der Waals surface area contributed by atoms with E-state index in [2.05, 4.69) is 6.07 Å². The molecule has 0 aliphatic carbocycles.